The number of alkyl halides is 1. The van der Waals surface area contributed by atoms with Crippen molar-refractivity contribution < 1.29 is 28.1 Å². The maximum atomic E-state index is 16.8. The number of hydrogen-bond acceptors (Lipinski definition) is 9. The van der Waals surface area contributed by atoms with Crippen LogP contribution in [0.25, 0.3) is 0 Å². The topological polar surface area (TPSA) is 114 Å². The first-order valence-electron chi connectivity index (χ1n) is 14.9. The van der Waals surface area contributed by atoms with Gasteiger partial charge in [0.1, 0.15) is 48.4 Å². The van der Waals surface area contributed by atoms with Crippen LogP contribution >= 0.6 is 0 Å². The van der Waals surface area contributed by atoms with E-state index in [1.165, 1.54) is 0 Å². The van der Waals surface area contributed by atoms with Crippen LogP contribution in [0, 0.1) is 0 Å². The zero-order chi connectivity index (χ0) is 28.0. The Hall–Kier alpha value is -1.79. The highest BCUT2D eigenvalue weighted by molar-refractivity contribution is 6.01. The van der Waals surface area contributed by atoms with Crippen LogP contribution in [0.4, 0.5) is 10.2 Å². The molecule has 1 fully saturated rings. The number of hydrogen-bond donors (Lipinski definition) is 2. The van der Waals surface area contributed by atoms with Gasteiger partial charge in [0.25, 0.3) is 0 Å². The van der Waals surface area contributed by atoms with E-state index < -0.39 is 36.8 Å². The summed E-state index contributed by atoms with van der Waals surface area (Å²) in [5.74, 6) is 0.880. The fourth-order valence-electron chi connectivity index (χ4n) is 4.73. The number of ether oxygens (including phenoxy) is 5. The minimum absolute atomic E-state index is 0.253. The van der Waals surface area contributed by atoms with Gasteiger partial charge in [-0.25, -0.2) is 14.4 Å². The smallest absolute Gasteiger partial charge is 0.174 e. The van der Waals surface area contributed by atoms with Gasteiger partial charge in [0.15, 0.2) is 12.4 Å². The van der Waals surface area contributed by atoms with Crippen LogP contribution in [0.15, 0.2) is 11.3 Å². The Morgan fingerprint density at radius 1 is 0.923 bits per heavy atom. The van der Waals surface area contributed by atoms with E-state index in [0.717, 1.165) is 51.4 Å². The first-order chi connectivity index (χ1) is 19.1. The van der Waals surface area contributed by atoms with E-state index in [4.69, 9.17) is 29.4 Å². The summed E-state index contributed by atoms with van der Waals surface area (Å²) in [5, 5.41) is 3.18. The van der Waals surface area contributed by atoms with E-state index in [-0.39, 0.29) is 13.3 Å². The molecule has 0 unspecified atom stereocenters. The van der Waals surface area contributed by atoms with Gasteiger partial charge in [-0.1, -0.05) is 53.4 Å². The van der Waals surface area contributed by atoms with Gasteiger partial charge in [0.2, 0.25) is 0 Å². The highest BCUT2D eigenvalue weighted by atomic mass is 19.1. The Labute approximate surface area is 233 Å². The molecule has 3 heterocycles. The number of anilines is 1. The normalized spacial score (nSPS) is 27.1. The summed E-state index contributed by atoms with van der Waals surface area (Å²) in [6.45, 7) is 11.0. The molecule has 0 bridgehead atoms. The molecule has 3 rings (SSSR count). The number of aromatic nitrogens is 2. The number of halogens is 1. The van der Waals surface area contributed by atoms with Crippen molar-refractivity contribution in [3.63, 3.8) is 0 Å². The van der Waals surface area contributed by atoms with Crippen molar-refractivity contribution in [1.82, 2.24) is 9.55 Å². The molecule has 2 aliphatic rings. The lowest BCUT2D eigenvalue weighted by Crippen LogP contribution is -2.51. The molecule has 0 amide bonds. The van der Waals surface area contributed by atoms with E-state index in [9.17, 15) is 0 Å². The van der Waals surface area contributed by atoms with Gasteiger partial charge in [0.05, 0.1) is 12.9 Å². The summed E-state index contributed by atoms with van der Waals surface area (Å²) < 4.78 is 50.2. The van der Waals surface area contributed by atoms with Crippen LogP contribution in [0.2, 0.25) is 0 Å². The van der Waals surface area contributed by atoms with Crippen LogP contribution in [-0.2, 0) is 23.7 Å². The molecule has 0 saturated carbocycles. The van der Waals surface area contributed by atoms with Crippen LogP contribution < -0.4 is 11.1 Å². The number of fused-ring (bicyclic) bond motifs is 1. The van der Waals surface area contributed by atoms with Crippen molar-refractivity contribution in [2.45, 2.75) is 116 Å². The fraction of sp³-hybridized carbons (Fsp3) is 0.857. The van der Waals surface area contributed by atoms with Gasteiger partial charge in [0, 0.05) is 26.4 Å². The highest BCUT2D eigenvalue weighted by Gasteiger charge is 2.50. The molecule has 11 heteroatoms. The molecule has 1 saturated heterocycles. The largest absolute Gasteiger partial charge is 0.382 e. The summed E-state index contributed by atoms with van der Waals surface area (Å²) in [5.41, 5.74) is 6.56. The molecule has 2 aliphatic heterocycles. The zero-order valence-electron chi connectivity index (χ0n) is 24.3. The third-order valence-electron chi connectivity index (χ3n) is 7.07. The number of aliphatic imine (C=N–C) groups is 1. The summed E-state index contributed by atoms with van der Waals surface area (Å²) in [4.78, 5) is 8.61. The molecule has 1 aromatic heterocycles. The Morgan fingerprint density at radius 3 is 2.15 bits per heavy atom. The molecule has 224 valence electrons. The lowest BCUT2D eigenvalue weighted by atomic mass is 10.00. The second-order valence-corrected chi connectivity index (χ2v) is 10.2. The number of nitrogens with zero attached hydrogens (tertiary/aromatic N) is 3. The number of nitrogens with two attached hydrogens (primary N) is 1. The van der Waals surface area contributed by atoms with Crippen LogP contribution in [0.5, 0.6) is 0 Å². The van der Waals surface area contributed by atoms with E-state index >= 15 is 4.39 Å². The van der Waals surface area contributed by atoms with Crippen molar-refractivity contribution in [3.05, 3.63) is 12.0 Å². The summed E-state index contributed by atoms with van der Waals surface area (Å²) in [7, 11) is 0. The van der Waals surface area contributed by atoms with Crippen LogP contribution in [0.3, 0.4) is 0 Å². The Kier molecular flexibility index (Phi) is 13.9. The Morgan fingerprint density at radius 2 is 1.51 bits per heavy atom. The molecule has 0 aromatic carbocycles. The molecule has 10 nitrogen and oxygen atoms in total. The van der Waals surface area contributed by atoms with Crippen molar-refractivity contribution in [2.75, 3.05) is 45.0 Å². The third kappa shape index (κ3) is 8.60. The van der Waals surface area contributed by atoms with Crippen molar-refractivity contribution >= 4 is 11.7 Å². The van der Waals surface area contributed by atoms with E-state index in [0.29, 0.717) is 43.8 Å². The Bertz CT molecular complexity index is 856. The van der Waals surface area contributed by atoms with Gasteiger partial charge in [-0.05, 0) is 25.7 Å². The van der Waals surface area contributed by atoms with Gasteiger partial charge in [-0.3, -0.25) is 4.57 Å². The van der Waals surface area contributed by atoms with Crippen LogP contribution in [-0.4, -0.2) is 85.7 Å². The minimum atomic E-state index is -1.56. The minimum Gasteiger partial charge on any atom is -0.382 e. The maximum absolute atomic E-state index is 16.8. The molecule has 0 aliphatic carbocycles. The summed E-state index contributed by atoms with van der Waals surface area (Å²) >= 11 is 0. The van der Waals surface area contributed by atoms with Crippen molar-refractivity contribution in [2.24, 2.45) is 10.7 Å². The number of nitrogens with one attached hydrogen (secondary N) is 1. The molecule has 6 atom stereocenters. The number of unbranched alkanes of at least 4 members (excludes halogenated alkanes) is 4. The number of rotatable bonds is 18. The van der Waals surface area contributed by atoms with Crippen molar-refractivity contribution in [3.8, 4) is 0 Å². The first kappa shape index (κ1) is 31.7. The lowest BCUT2D eigenvalue weighted by molar-refractivity contribution is -0.176. The quantitative estimate of drug-likeness (QED) is 0.253. The molecule has 0 radical (unpaired) electrons. The third-order valence-corrected chi connectivity index (χ3v) is 7.07. The number of amidine groups is 1. The molecule has 3 N–H and O–H groups in total. The number of imidazole rings is 1. The standard InChI is InChI=1S/C28H50FN5O5/c1-5-9-13-35-17-20-23(36-14-10-6-2)25(38-16-12-8-4)24(37-15-11-7-3)21(29)28(39-20)34-19-33-22-26(30)31-18-32-27(22)34/h19-21,23-25,28,32H,5-18H2,1-4H3,(H2,30,31)/t20-,21+,23-,24+,25+,28-/m1/s1. The average Bonchev–Trinajstić information content (AvgIpc) is 3.33. The molecular weight excluding hydrogens is 505 g/mol. The summed E-state index contributed by atoms with van der Waals surface area (Å²) in [6.07, 6.45) is 3.60. The van der Waals surface area contributed by atoms with Crippen LogP contribution in [0.1, 0.15) is 91.0 Å². The molecule has 0 spiro atoms. The van der Waals surface area contributed by atoms with Gasteiger partial charge >= 0.3 is 0 Å². The Balaban J connectivity index is 2.01. The second kappa shape index (κ2) is 17.1. The van der Waals surface area contributed by atoms with Gasteiger partial charge in [-0.15, -0.1) is 0 Å². The molecule has 39 heavy (non-hydrogen) atoms. The van der Waals surface area contributed by atoms with Gasteiger partial charge < -0.3 is 34.7 Å². The van der Waals surface area contributed by atoms with Crippen molar-refractivity contribution in [1.29, 1.82) is 0 Å². The average molecular weight is 556 g/mol. The zero-order valence-corrected chi connectivity index (χ0v) is 24.3. The SMILES string of the molecule is CCCCOC[C@H]1O[C@@H](n2cnc3c2NCN=C3N)[C@@H](F)[C@H](OCCCC)[C@@H](OCCCC)[C@@H]1OCCCC. The van der Waals surface area contributed by atoms with Gasteiger partial charge in [-0.2, -0.15) is 0 Å². The van der Waals surface area contributed by atoms with E-state index in [1.807, 2.05) is 0 Å². The second-order valence-electron chi connectivity index (χ2n) is 10.2. The summed E-state index contributed by atoms with van der Waals surface area (Å²) in [6, 6.07) is 0. The fourth-order valence-corrected chi connectivity index (χ4v) is 4.73. The lowest BCUT2D eigenvalue weighted by Gasteiger charge is -2.34. The predicted octanol–water partition coefficient (Wildman–Crippen LogP) is 4.58. The maximum Gasteiger partial charge on any atom is 0.174 e. The first-order valence-corrected chi connectivity index (χ1v) is 14.9. The highest BCUT2D eigenvalue weighted by Crippen LogP contribution is 2.37. The molecular formula is C28H50FN5O5. The molecule has 1 aromatic rings. The monoisotopic (exact) mass is 555 g/mol. The van der Waals surface area contributed by atoms with E-state index in [1.54, 1.807) is 10.9 Å². The van der Waals surface area contributed by atoms with E-state index in [2.05, 4.69) is 43.0 Å². The predicted molar refractivity (Wildman–Crippen MR) is 150 cm³/mol.